The Labute approximate surface area is 118 Å². The lowest BCUT2D eigenvalue weighted by Gasteiger charge is -2.22. The minimum absolute atomic E-state index is 0.682. The van der Waals surface area contributed by atoms with Gasteiger partial charge >= 0.3 is 0 Å². The van der Waals surface area contributed by atoms with Crippen molar-refractivity contribution in [2.45, 2.75) is 53.9 Å². The number of hydrogen-bond acceptors (Lipinski definition) is 0. The molecule has 0 N–H and O–H groups in total. The lowest BCUT2D eigenvalue weighted by atomic mass is 9.84. The highest BCUT2D eigenvalue weighted by molar-refractivity contribution is 5.71. The monoisotopic (exact) mass is 254 g/mol. The van der Waals surface area contributed by atoms with Gasteiger partial charge in [0.25, 0.3) is 0 Å². The van der Waals surface area contributed by atoms with Crippen molar-refractivity contribution < 1.29 is 0 Å². The summed E-state index contributed by atoms with van der Waals surface area (Å²) >= 11 is 0. The molecule has 19 heavy (non-hydrogen) atoms. The Morgan fingerprint density at radius 1 is 1.11 bits per heavy atom. The highest BCUT2D eigenvalue weighted by atomic mass is 14.2. The molecule has 0 unspecified atom stereocenters. The molecule has 0 atom stereocenters. The molecule has 0 amide bonds. The van der Waals surface area contributed by atoms with Crippen molar-refractivity contribution in [3.63, 3.8) is 0 Å². The van der Waals surface area contributed by atoms with Crippen LogP contribution >= 0.6 is 0 Å². The predicted molar refractivity (Wildman–Crippen MR) is 85.3 cm³/mol. The first-order chi connectivity index (χ1) is 9.02. The molecule has 0 fully saturated rings. The summed E-state index contributed by atoms with van der Waals surface area (Å²) in [6, 6.07) is 6.95. The molecule has 0 saturated carbocycles. The molecule has 0 heterocycles. The fraction of sp³-hybridized carbons (Fsp3) is 0.474. The fourth-order valence-electron chi connectivity index (χ4n) is 3.16. The van der Waals surface area contributed by atoms with Crippen LogP contribution in [0.2, 0.25) is 0 Å². The van der Waals surface area contributed by atoms with Gasteiger partial charge in [0, 0.05) is 0 Å². The van der Waals surface area contributed by atoms with Crippen LogP contribution in [0.4, 0.5) is 0 Å². The highest BCUT2D eigenvalue weighted by Crippen LogP contribution is 2.34. The summed E-state index contributed by atoms with van der Waals surface area (Å²) in [5, 5.41) is 0. The average molecular weight is 254 g/mol. The number of benzene rings is 1. The predicted octanol–water partition coefficient (Wildman–Crippen LogP) is 5.71. The first kappa shape index (κ1) is 14.1. The standard InChI is InChI=1S/C19H26/c1-6-16-7-8-17(11-14(16)4)18-9-10-19(13(2)3)15(5)12-18/h7-8,11-13H,6,9-10H2,1-5H3. The van der Waals surface area contributed by atoms with E-state index in [0.717, 1.165) is 6.42 Å². The van der Waals surface area contributed by atoms with Gasteiger partial charge in [0.05, 0.1) is 0 Å². The van der Waals surface area contributed by atoms with Gasteiger partial charge in [-0.05, 0) is 61.3 Å². The van der Waals surface area contributed by atoms with Gasteiger partial charge < -0.3 is 0 Å². The topological polar surface area (TPSA) is 0 Å². The van der Waals surface area contributed by atoms with Crippen molar-refractivity contribution in [1.29, 1.82) is 0 Å². The molecule has 102 valence electrons. The minimum atomic E-state index is 0.682. The second-order valence-corrected chi connectivity index (χ2v) is 6.03. The summed E-state index contributed by atoms with van der Waals surface area (Å²) in [5.41, 5.74) is 8.93. The maximum absolute atomic E-state index is 2.40. The summed E-state index contributed by atoms with van der Waals surface area (Å²) < 4.78 is 0. The van der Waals surface area contributed by atoms with Gasteiger partial charge in [0.15, 0.2) is 0 Å². The Morgan fingerprint density at radius 3 is 2.37 bits per heavy atom. The summed E-state index contributed by atoms with van der Waals surface area (Å²) in [4.78, 5) is 0. The minimum Gasteiger partial charge on any atom is -0.0644 e. The molecule has 0 bridgehead atoms. The molecular formula is C19H26. The van der Waals surface area contributed by atoms with Crippen molar-refractivity contribution in [3.8, 4) is 0 Å². The third kappa shape index (κ3) is 3.00. The lowest BCUT2D eigenvalue weighted by Crippen LogP contribution is -2.03. The number of aryl methyl sites for hydroxylation is 2. The number of rotatable bonds is 3. The van der Waals surface area contributed by atoms with Crippen LogP contribution in [0.3, 0.4) is 0 Å². The zero-order valence-corrected chi connectivity index (χ0v) is 13.0. The van der Waals surface area contributed by atoms with Crippen molar-refractivity contribution in [2.24, 2.45) is 5.92 Å². The largest absolute Gasteiger partial charge is 0.0644 e. The molecule has 0 heteroatoms. The van der Waals surface area contributed by atoms with E-state index in [1.807, 2.05) is 0 Å². The number of allylic oxidation sites excluding steroid dienone is 4. The van der Waals surface area contributed by atoms with E-state index in [2.05, 4.69) is 58.9 Å². The molecule has 1 aromatic carbocycles. The van der Waals surface area contributed by atoms with E-state index in [4.69, 9.17) is 0 Å². The van der Waals surface area contributed by atoms with Crippen LogP contribution < -0.4 is 0 Å². The van der Waals surface area contributed by atoms with Gasteiger partial charge in [-0.1, -0.05) is 56.2 Å². The normalized spacial score (nSPS) is 16.0. The zero-order valence-electron chi connectivity index (χ0n) is 13.0. The zero-order chi connectivity index (χ0) is 14.0. The van der Waals surface area contributed by atoms with Crippen LogP contribution in [-0.2, 0) is 6.42 Å². The smallest absolute Gasteiger partial charge is 0.0221 e. The Bertz CT molecular complexity index is 527. The Morgan fingerprint density at radius 2 is 1.84 bits per heavy atom. The summed E-state index contributed by atoms with van der Waals surface area (Å²) in [7, 11) is 0. The van der Waals surface area contributed by atoms with Crippen molar-refractivity contribution in [1.82, 2.24) is 0 Å². The SMILES string of the molecule is CCc1ccc(C2=CC(C)=C(C(C)C)CC2)cc1C. The molecule has 0 spiro atoms. The molecular weight excluding hydrogens is 228 g/mol. The van der Waals surface area contributed by atoms with Gasteiger partial charge in [-0.25, -0.2) is 0 Å². The van der Waals surface area contributed by atoms with E-state index in [1.54, 1.807) is 5.57 Å². The molecule has 0 aliphatic heterocycles. The van der Waals surface area contributed by atoms with E-state index < -0.39 is 0 Å². The highest BCUT2D eigenvalue weighted by Gasteiger charge is 2.14. The van der Waals surface area contributed by atoms with E-state index in [-0.39, 0.29) is 0 Å². The molecule has 0 saturated heterocycles. The van der Waals surface area contributed by atoms with Gasteiger partial charge in [-0.15, -0.1) is 0 Å². The Hall–Kier alpha value is -1.30. The molecule has 1 aliphatic carbocycles. The summed E-state index contributed by atoms with van der Waals surface area (Å²) in [6.45, 7) is 11.3. The van der Waals surface area contributed by atoms with Crippen molar-refractivity contribution in [2.75, 3.05) is 0 Å². The quantitative estimate of drug-likeness (QED) is 0.648. The van der Waals surface area contributed by atoms with Crippen LogP contribution in [0.15, 0.2) is 35.4 Å². The van der Waals surface area contributed by atoms with Gasteiger partial charge in [0.1, 0.15) is 0 Å². The van der Waals surface area contributed by atoms with Crippen molar-refractivity contribution in [3.05, 3.63) is 52.1 Å². The van der Waals surface area contributed by atoms with Crippen LogP contribution in [0.1, 0.15) is 57.2 Å². The van der Waals surface area contributed by atoms with E-state index >= 15 is 0 Å². The maximum atomic E-state index is 2.40. The molecule has 0 aromatic heterocycles. The van der Waals surface area contributed by atoms with Crippen LogP contribution in [-0.4, -0.2) is 0 Å². The molecule has 0 nitrogen and oxygen atoms in total. The average Bonchev–Trinajstić information content (AvgIpc) is 2.38. The molecule has 1 aromatic rings. The second kappa shape index (κ2) is 5.77. The maximum Gasteiger partial charge on any atom is -0.0221 e. The van der Waals surface area contributed by atoms with Gasteiger partial charge in [0.2, 0.25) is 0 Å². The Kier molecular flexibility index (Phi) is 4.29. The van der Waals surface area contributed by atoms with Gasteiger partial charge in [-0.2, -0.15) is 0 Å². The molecule has 0 radical (unpaired) electrons. The van der Waals surface area contributed by atoms with Crippen LogP contribution in [0.25, 0.3) is 5.57 Å². The van der Waals surface area contributed by atoms with E-state index in [0.29, 0.717) is 5.92 Å². The molecule has 2 rings (SSSR count). The Balaban J connectivity index is 2.34. The third-order valence-corrected chi connectivity index (χ3v) is 4.35. The fourth-order valence-corrected chi connectivity index (χ4v) is 3.16. The number of hydrogen-bond donors (Lipinski definition) is 0. The van der Waals surface area contributed by atoms with Crippen LogP contribution in [0.5, 0.6) is 0 Å². The first-order valence-corrected chi connectivity index (χ1v) is 7.53. The van der Waals surface area contributed by atoms with E-state index in [1.165, 1.54) is 40.7 Å². The van der Waals surface area contributed by atoms with Gasteiger partial charge in [-0.3, -0.25) is 0 Å². The third-order valence-electron chi connectivity index (χ3n) is 4.35. The summed E-state index contributed by atoms with van der Waals surface area (Å²) in [6.07, 6.45) is 5.94. The summed E-state index contributed by atoms with van der Waals surface area (Å²) in [5.74, 6) is 0.682. The van der Waals surface area contributed by atoms with Crippen LogP contribution in [0, 0.1) is 12.8 Å². The van der Waals surface area contributed by atoms with E-state index in [9.17, 15) is 0 Å². The molecule has 1 aliphatic rings. The lowest BCUT2D eigenvalue weighted by molar-refractivity contribution is 0.703. The second-order valence-electron chi connectivity index (χ2n) is 6.03. The first-order valence-electron chi connectivity index (χ1n) is 7.53. The van der Waals surface area contributed by atoms with Crippen molar-refractivity contribution >= 4 is 5.57 Å².